The second-order valence-corrected chi connectivity index (χ2v) is 4.87. The first-order chi connectivity index (χ1) is 9.15. The number of likely N-dealkylation sites (tertiary alicyclic amines) is 1. The van der Waals surface area contributed by atoms with Crippen LogP contribution in [0, 0.1) is 5.82 Å². The molecule has 1 heterocycles. The molecule has 104 valence electrons. The van der Waals surface area contributed by atoms with Crippen LogP contribution in [0.4, 0.5) is 10.1 Å². The summed E-state index contributed by atoms with van der Waals surface area (Å²) < 4.78 is 13.3. The number of benzene rings is 1. The molecule has 0 unspecified atom stereocenters. The summed E-state index contributed by atoms with van der Waals surface area (Å²) >= 11 is 0. The second kappa shape index (κ2) is 6.63. The Labute approximate surface area is 112 Å². The lowest BCUT2D eigenvalue weighted by molar-refractivity contribution is -0.116. The Balaban J connectivity index is 1.77. The molecule has 1 fully saturated rings. The van der Waals surface area contributed by atoms with Gasteiger partial charge in [-0.2, -0.15) is 0 Å². The maximum absolute atomic E-state index is 13.3. The van der Waals surface area contributed by atoms with E-state index in [0.29, 0.717) is 19.5 Å². The highest BCUT2D eigenvalue weighted by atomic mass is 19.1. The van der Waals surface area contributed by atoms with Gasteiger partial charge in [-0.25, -0.2) is 4.39 Å². The molecule has 1 aliphatic rings. The lowest BCUT2D eigenvalue weighted by Gasteiger charge is -2.29. The van der Waals surface area contributed by atoms with Gasteiger partial charge in [0.05, 0.1) is 11.8 Å². The van der Waals surface area contributed by atoms with Gasteiger partial charge in [0.15, 0.2) is 0 Å². The summed E-state index contributed by atoms with van der Waals surface area (Å²) in [5, 5.41) is 12.1. The van der Waals surface area contributed by atoms with Crippen LogP contribution in [0.25, 0.3) is 0 Å². The number of β-amino-alcohol motifs (C(OH)–C–C–N with tert-alkyl or cyclic N) is 1. The second-order valence-electron chi connectivity index (χ2n) is 4.87. The molecule has 1 amide bonds. The molecule has 19 heavy (non-hydrogen) atoms. The molecular weight excluding hydrogens is 247 g/mol. The van der Waals surface area contributed by atoms with E-state index in [2.05, 4.69) is 10.2 Å². The molecule has 0 radical (unpaired) electrons. The lowest BCUT2D eigenvalue weighted by Crippen LogP contribution is -2.39. The van der Waals surface area contributed by atoms with E-state index in [1.54, 1.807) is 12.1 Å². The van der Waals surface area contributed by atoms with Gasteiger partial charge in [-0.05, 0) is 31.5 Å². The van der Waals surface area contributed by atoms with Gasteiger partial charge in [0.2, 0.25) is 5.91 Å². The maximum atomic E-state index is 13.3. The molecule has 1 atom stereocenters. The summed E-state index contributed by atoms with van der Waals surface area (Å²) in [6, 6.07) is 6.12. The number of carbonyl (C=O) groups is 1. The number of hydrogen-bond donors (Lipinski definition) is 2. The highest BCUT2D eigenvalue weighted by molar-refractivity contribution is 5.90. The molecule has 4 nitrogen and oxygen atoms in total. The molecule has 2 rings (SSSR count). The van der Waals surface area contributed by atoms with E-state index in [9.17, 15) is 14.3 Å². The van der Waals surface area contributed by atoms with Crippen molar-refractivity contribution in [2.24, 2.45) is 0 Å². The number of hydrogen-bond acceptors (Lipinski definition) is 3. The standard InChI is InChI=1S/C14H19FN2O2/c15-12-5-1-2-6-13(12)16-14(19)7-9-17-8-3-4-11(18)10-17/h1-2,5-6,11,18H,3-4,7-10H2,(H,16,19)/t11-/m0/s1. The Hall–Kier alpha value is -1.46. The average molecular weight is 266 g/mol. The molecule has 0 aromatic heterocycles. The van der Waals surface area contributed by atoms with Gasteiger partial charge < -0.3 is 15.3 Å². The van der Waals surface area contributed by atoms with Gasteiger partial charge in [0.25, 0.3) is 0 Å². The van der Waals surface area contributed by atoms with Crippen molar-refractivity contribution in [3.63, 3.8) is 0 Å². The van der Waals surface area contributed by atoms with E-state index in [0.717, 1.165) is 19.4 Å². The normalized spacial score (nSPS) is 20.2. The summed E-state index contributed by atoms with van der Waals surface area (Å²) in [5.74, 6) is -0.630. The van der Waals surface area contributed by atoms with Crippen LogP contribution in [-0.2, 0) is 4.79 Å². The number of nitrogens with one attached hydrogen (secondary N) is 1. The van der Waals surface area contributed by atoms with Gasteiger partial charge >= 0.3 is 0 Å². The van der Waals surface area contributed by atoms with Crippen LogP contribution in [0.5, 0.6) is 0 Å². The predicted octanol–water partition coefficient (Wildman–Crippen LogP) is 1.61. The maximum Gasteiger partial charge on any atom is 0.225 e. The van der Waals surface area contributed by atoms with Crippen LogP contribution < -0.4 is 5.32 Å². The summed E-state index contributed by atoms with van der Waals surface area (Å²) in [6.07, 6.45) is 1.80. The molecular formula is C14H19FN2O2. The van der Waals surface area contributed by atoms with Crippen LogP contribution >= 0.6 is 0 Å². The van der Waals surface area contributed by atoms with Gasteiger partial charge in [0, 0.05) is 19.5 Å². The number of piperidine rings is 1. The van der Waals surface area contributed by atoms with Crippen molar-refractivity contribution in [1.82, 2.24) is 4.90 Å². The predicted molar refractivity (Wildman–Crippen MR) is 71.3 cm³/mol. The largest absolute Gasteiger partial charge is 0.392 e. The lowest BCUT2D eigenvalue weighted by atomic mass is 10.1. The van der Waals surface area contributed by atoms with Crippen molar-refractivity contribution in [2.45, 2.75) is 25.4 Å². The minimum absolute atomic E-state index is 0.204. The fraction of sp³-hybridized carbons (Fsp3) is 0.500. The zero-order valence-electron chi connectivity index (χ0n) is 10.8. The number of halogens is 1. The molecule has 5 heteroatoms. The zero-order valence-corrected chi connectivity index (χ0v) is 10.8. The first kappa shape index (κ1) is 14.0. The van der Waals surface area contributed by atoms with E-state index in [1.807, 2.05) is 0 Å². The fourth-order valence-electron chi connectivity index (χ4n) is 2.27. The Morgan fingerprint density at radius 1 is 1.47 bits per heavy atom. The number of aliphatic hydroxyl groups is 1. The van der Waals surface area contributed by atoms with Gasteiger partial charge in [-0.3, -0.25) is 4.79 Å². The summed E-state index contributed by atoms with van der Waals surface area (Å²) in [6.45, 7) is 2.12. The first-order valence-electron chi connectivity index (χ1n) is 6.60. The van der Waals surface area contributed by atoms with E-state index >= 15 is 0 Å². The first-order valence-corrected chi connectivity index (χ1v) is 6.60. The Bertz CT molecular complexity index is 439. The number of carbonyl (C=O) groups excluding carboxylic acids is 1. The number of amides is 1. The fourth-order valence-corrected chi connectivity index (χ4v) is 2.27. The van der Waals surface area contributed by atoms with Gasteiger partial charge in [0.1, 0.15) is 5.82 Å². The number of nitrogens with zero attached hydrogens (tertiary/aromatic N) is 1. The molecule has 0 bridgehead atoms. The third-order valence-electron chi connectivity index (χ3n) is 3.28. The quantitative estimate of drug-likeness (QED) is 0.870. The zero-order chi connectivity index (χ0) is 13.7. The number of anilines is 1. The number of aliphatic hydroxyl groups excluding tert-OH is 1. The van der Waals surface area contributed by atoms with Crippen LogP contribution in [0.3, 0.4) is 0 Å². The van der Waals surface area contributed by atoms with E-state index in [4.69, 9.17) is 0 Å². The Kier molecular flexibility index (Phi) is 4.87. The van der Waals surface area contributed by atoms with Crippen LogP contribution in [0.2, 0.25) is 0 Å². The molecule has 0 spiro atoms. The molecule has 1 aromatic rings. The van der Waals surface area contributed by atoms with Crippen LogP contribution in [-0.4, -0.2) is 41.7 Å². The van der Waals surface area contributed by atoms with Crippen molar-refractivity contribution in [3.8, 4) is 0 Å². The topological polar surface area (TPSA) is 52.6 Å². The van der Waals surface area contributed by atoms with Crippen LogP contribution in [0.15, 0.2) is 24.3 Å². The van der Waals surface area contributed by atoms with Crippen molar-refractivity contribution in [2.75, 3.05) is 25.0 Å². The SMILES string of the molecule is O=C(CCN1CCC[C@H](O)C1)Nc1ccccc1F. The Morgan fingerprint density at radius 2 is 2.26 bits per heavy atom. The van der Waals surface area contributed by atoms with Gasteiger partial charge in [-0.15, -0.1) is 0 Å². The van der Waals surface area contributed by atoms with Crippen molar-refractivity contribution in [3.05, 3.63) is 30.1 Å². The minimum Gasteiger partial charge on any atom is -0.392 e. The number of rotatable bonds is 4. The number of para-hydroxylation sites is 1. The minimum atomic E-state index is -0.427. The molecule has 0 saturated carbocycles. The third kappa shape index (κ3) is 4.29. The summed E-state index contributed by atoms with van der Waals surface area (Å²) in [4.78, 5) is 13.8. The molecule has 2 N–H and O–H groups in total. The average Bonchev–Trinajstić information content (AvgIpc) is 2.39. The highest BCUT2D eigenvalue weighted by Crippen LogP contribution is 2.13. The van der Waals surface area contributed by atoms with Crippen molar-refractivity contribution >= 4 is 11.6 Å². The van der Waals surface area contributed by atoms with Crippen molar-refractivity contribution in [1.29, 1.82) is 0 Å². The summed E-state index contributed by atoms with van der Waals surface area (Å²) in [5.41, 5.74) is 0.214. The van der Waals surface area contributed by atoms with Crippen LogP contribution in [0.1, 0.15) is 19.3 Å². The molecule has 1 aromatic carbocycles. The monoisotopic (exact) mass is 266 g/mol. The van der Waals surface area contributed by atoms with E-state index in [1.165, 1.54) is 12.1 Å². The smallest absolute Gasteiger partial charge is 0.225 e. The molecule has 1 aliphatic heterocycles. The van der Waals surface area contributed by atoms with E-state index < -0.39 is 5.82 Å². The van der Waals surface area contributed by atoms with Gasteiger partial charge in [-0.1, -0.05) is 12.1 Å². The van der Waals surface area contributed by atoms with E-state index in [-0.39, 0.29) is 17.7 Å². The third-order valence-corrected chi connectivity index (χ3v) is 3.28. The van der Waals surface area contributed by atoms with Crippen molar-refractivity contribution < 1.29 is 14.3 Å². The highest BCUT2D eigenvalue weighted by Gasteiger charge is 2.18. The summed E-state index contributed by atoms with van der Waals surface area (Å²) in [7, 11) is 0. The molecule has 0 aliphatic carbocycles. The Morgan fingerprint density at radius 3 is 3.00 bits per heavy atom. The molecule has 1 saturated heterocycles.